The molecule has 2 heterocycles. The molecule has 0 radical (unpaired) electrons. The highest BCUT2D eigenvalue weighted by Gasteiger charge is 2.47. The molecule has 0 spiro atoms. The molecule has 7 N–H and O–H groups in total. The molecule has 0 aliphatic carbocycles. The number of carbonyl (C=O) groups is 1. The molecule has 372 valence electrons. The lowest BCUT2D eigenvalue weighted by atomic mass is 9.98. The van der Waals surface area contributed by atoms with E-state index in [1.165, 1.54) is 64.2 Å². The second-order valence-electron chi connectivity index (χ2n) is 17.3. The molecular weight excluding hydrogens is 825 g/mol. The number of carbonyl (C=O) groups excluding carboxylic acids is 1. The minimum Gasteiger partial charge on any atom is -0.457 e. The van der Waals surface area contributed by atoms with Crippen molar-refractivity contribution in [3.05, 3.63) is 48.6 Å². The fraction of sp³-hybridized carbons (Fsp3) is 0.820. The van der Waals surface area contributed by atoms with Crippen LogP contribution in [0.4, 0.5) is 0 Å². The number of esters is 1. The van der Waals surface area contributed by atoms with Gasteiger partial charge in [-0.2, -0.15) is 0 Å². The van der Waals surface area contributed by atoms with Gasteiger partial charge in [0, 0.05) is 13.0 Å². The fourth-order valence-corrected chi connectivity index (χ4v) is 7.57. The van der Waals surface area contributed by atoms with E-state index in [0.717, 1.165) is 70.6 Å². The van der Waals surface area contributed by atoms with Crippen molar-refractivity contribution in [2.75, 3.05) is 33.0 Å². The molecule has 0 aromatic heterocycles. The highest BCUT2D eigenvalue weighted by molar-refractivity contribution is 5.69. The van der Waals surface area contributed by atoms with E-state index in [2.05, 4.69) is 62.5 Å². The van der Waals surface area contributed by atoms with Gasteiger partial charge in [0.15, 0.2) is 12.6 Å². The zero-order valence-corrected chi connectivity index (χ0v) is 39.3. The van der Waals surface area contributed by atoms with Gasteiger partial charge in [0.25, 0.3) is 0 Å². The zero-order chi connectivity index (χ0) is 46.6. The first-order chi connectivity index (χ1) is 31.1. The average molecular weight is 913 g/mol. The van der Waals surface area contributed by atoms with Crippen molar-refractivity contribution < 1.29 is 69.0 Å². The van der Waals surface area contributed by atoms with Crippen molar-refractivity contribution in [3.8, 4) is 0 Å². The van der Waals surface area contributed by atoms with E-state index in [1.807, 2.05) is 0 Å². The summed E-state index contributed by atoms with van der Waals surface area (Å²) >= 11 is 0. The normalized spacial score (nSPS) is 27.1. The summed E-state index contributed by atoms with van der Waals surface area (Å²) in [5.41, 5.74) is 0. The van der Waals surface area contributed by atoms with Gasteiger partial charge in [0.2, 0.25) is 0 Å². The average Bonchev–Trinajstić information content (AvgIpc) is 3.29. The van der Waals surface area contributed by atoms with Crippen LogP contribution in [0.2, 0.25) is 0 Å². The maximum absolute atomic E-state index is 13.0. The molecule has 11 atom stereocenters. The molecule has 14 heteroatoms. The first kappa shape index (κ1) is 58.1. The Morgan fingerprint density at radius 2 is 1.02 bits per heavy atom. The topological polar surface area (TPSA) is 214 Å². The van der Waals surface area contributed by atoms with Gasteiger partial charge < -0.3 is 64.2 Å². The molecule has 2 rings (SSSR count). The van der Waals surface area contributed by atoms with Crippen molar-refractivity contribution in [3.63, 3.8) is 0 Å². The molecule has 2 aliphatic rings. The summed E-state index contributed by atoms with van der Waals surface area (Å²) in [6, 6.07) is 0. The summed E-state index contributed by atoms with van der Waals surface area (Å²) in [5.74, 6) is -0.388. The Hall–Kier alpha value is -2.05. The first-order valence-electron chi connectivity index (χ1n) is 24.7. The molecule has 0 aromatic rings. The predicted molar refractivity (Wildman–Crippen MR) is 247 cm³/mol. The lowest BCUT2D eigenvalue weighted by molar-refractivity contribution is -0.332. The highest BCUT2D eigenvalue weighted by atomic mass is 16.7. The number of hydrogen-bond donors (Lipinski definition) is 7. The van der Waals surface area contributed by atoms with E-state index >= 15 is 0 Å². The van der Waals surface area contributed by atoms with Gasteiger partial charge in [-0.3, -0.25) is 4.79 Å². The molecule has 14 nitrogen and oxygen atoms in total. The van der Waals surface area contributed by atoms with Crippen LogP contribution >= 0.6 is 0 Å². The van der Waals surface area contributed by atoms with E-state index in [1.54, 1.807) is 0 Å². The second-order valence-corrected chi connectivity index (χ2v) is 17.3. The van der Waals surface area contributed by atoms with Crippen molar-refractivity contribution >= 4 is 5.97 Å². The molecular formula is C50H88O14. The number of aliphatic hydroxyl groups excluding tert-OH is 7. The van der Waals surface area contributed by atoms with Crippen molar-refractivity contribution in [2.45, 2.75) is 229 Å². The summed E-state index contributed by atoms with van der Waals surface area (Å²) in [4.78, 5) is 13.0. The number of hydrogen-bond acceptors (Lipinski definition) is 14. The number of ether oxygens (including phenoxy) is 6. The van der Waals surface area contributed by atoms with Gasteiger partial charge in [0.05, 0.1) is 26.4 Å². The Balaban J connectivity index is 1.80. The van der Waals surface area contributed by atoms with Crippen LogP contribution in [-0.4, -0.2) is 142 Å². The van der Waals surface area contributed by atoms with Crippen LogP contribution < -0.4 is 0 Å². The van der Waals surface area contributed by atoms with E-state index in [-0.39, 0.29) is 25.6 Å². The molecule has 2 fully saturated rings. The van der Waals surface area contributed by atoms with E-state index < -0.39 is 80.7 Å². The first-order valence-corrected chi connectivity index (χ1v) is 24.7. The molecule has 11 unspecified atom stereocenters. The minimum absolute atomic E-state index is 0.0407. The van der Waals surface area contributed by atoms with E-state index in [4.69, 9.17) is 28.4 Å². The van der Waals surface area contributed by atoms with E-state index in [9.17, 15) is 40.5 Å². The van der Waals surface area contributed by atoms with Crippen LogP contribution in [0.3, 0.4) is 0 Å². The molecule has 0 bridgehead atoms. The minimum atomic E-state index is -1.71. The standard InChI is InChI=1S/C50H88O14/c1-3-5-7-9-11-13-15-17-19-20-22-24-26-28-30-32-34-59-36-39(62-42(52)33-31-29-27-25-23-21-18-16-14-12-10-8-6-4-2)37-60-49-48(58)46(56)44(54)41(64-49)38-61-50-47(57)45(55)43(53)40(35-51)63-50/h5,7,11,13,17,19,22,24,39-41,43-51,53-58H,3-4,6,8-10,12,14-16,18,20-21,23,25-38H2,1-2H3/b7-5-,13-11-,19-17-,24-22-. The summed E-state index contributed by atoms with van der Waals surface area (Å²) in [6.45, 7) is 3.49. The van der Waals surface area contributed by atoms with Crippen LogP contribution in [-0.2, 0) is 33.2 Å². The molecule has 64 heavy (non-hydrogen) atoms. The van der Waals surface area contributed by atoms with Crippen LogP contribution in [0.25, 0.3) is 0 Å². The lowest BCUT2D eigenvalue weighted by Gasteiger charge is -2.42. The molecule has 2 aliphatic heterocycles. The smallest absolute Gasteiger partial charge is 0.306 e. The molecule has 2 saturated heterocycles. The number of allylic oxidation sites excluding steroid dienone is 8. The van der Waals surface area contributed by atoms with Gasteiger partial charge in [-0.1, -0.05) is 152 Å². The zero-order valence-electron chi connectivity index (χ0n) is 39.3. The Morgan fingerprint density at radius 3 is 1.58 bits per heavy atom. The summed E-state index contributed by atoms with van der Waals surface area (Å²) in [6.07, 6.45) is 26.0. The third-order valence-electron chi connectivity index (χ3n) is 11.6. The largest absolute Gasteiger partial charge is 0.457 e. The van der Waals surface area contributed by atoms with Gasteiger partial charge in [-0.25, -0.2) is 0 Å². The molecule has 0 amide bonds. The second kappa shape index (κ2) is 38.0. The Bertz CT molecular complexity index is 1240. The summed E-state index contributed by atoms with van der Waals surface area (Å²) in [7, 11) is 0. The number of unbranched alkanes of at least 4 members (excludes halogenated alkanes) is 16. The molecule has 0 saturated carbocycles. The van der Waals surface area contributed by atoms with Crippen LogP contribution in [0.1, 0.15) is 162 Å². The van der Waals surface area contributed by atoms with Crippen molar-refractivity contribution in [2.24, 2.45) is 0 Å². The highest BCUT2D eigenvalue weighted by Crippen LogP contribution is 2.26. The maximum atomic E-state index is 13.0. The third-order valence-corrected chi connectivity index (χ3v) is 11.6. The van der Waals surface area contributed by atoms with Crippen LogP contribution in [0, 0.1) is 0 Å². The quantitative estimate of drug-likeness (QED) is 0.0193. The van der Waals surface area contributed by atoms with Crippen molar-refractivity contribution in [1.82, 2.24) is 0 Å². The Morgan fingerprint density at radius 1 is 0.531 bits per heavy atom. The Kier molecular flexibility index (Phi) is 34.5. The number of rotatable bonds is 38. The van der Waals surface area contributed by atoms with Gasteiger partial charge in [-0.15, -0.1) is 0 Å². The fourth-order valence-electron chi connectivity index (χ4n) is 7.57. The predicted octanol–water partition coefficient (Wildman–Crippen LogP) is 6.79. The molecule has 0 aromatic carbocycles. The summed E-state index contributed by atoms with van der Waals surface area (Å²) < 4.78 is 34.2. The van der Waals surface area contributed by atoms with Gasteiger partial charge in [-0.05, 0) is 51.4 Å². The van der Waals surface area contributed by atoms with E-state index in [0.29, 0.717) is 13.0 Å². The van der Waals surface area contributed by atoms with Crippen molar-refractivity contribution in [1.29, 1.82) is 0 Å². The summed E-state index contributed by atoms with van der Waals surface area (Å²) in [5, 5.41) is 72.0. The number of aliphatic hydroxyl groups is 7. The lowest BCUT2D eigenvalue weighted by Crippen LogP contribution is -2.61. The SMILES string of the molecule is CC/C=C\C/C=C\C/C=C\C/C=C\CCCCCOCC(COC1OC(COC2OC(CO)C(O)C(O)C2O)C(O)C(O)C1O)OC(=O)CCCCCCCCCCCCCCCC. The van der Waals surface area contributed by atoms with Crippen LogP contribution in [0.5, 0.6) is 0 Å². The van der Waals surface area contributed by atoms with Gasteiger partial charge >= 0.3 is 5.97 Å². The Labute approximate surface area is 384 Å². The maximum Gasteiger partial charge on any atom is 0.306 e. The monoisotopic (exact) mass is 913 g/mol. The van der Waals surface area contributed by atoms with Gasteiger partial charge in [0.1, 0.15) is 54.9 Å². The van der Waals surface area contributed by atoms with Crippen LogP contribution in [0.15, 0.2) is 48.6 Å². The third kappa shape index (κ3) is 25.7.